The summed E-state index contributed by atoms with van der Waals surface area (Å²) in [6, 6.07) is 8.78. The first-order valence-electron chi connectivity index (χ1n) is 7.20. The minimum absolute atomic E-state index is 0.563. The molecule has 0 radical (unpaired) electrons. The van der Waals surface area contributed by atoms with Crippen molar-refractivity contribution in [2.24, 2.45) is 5.92 Å². The lowest BCUT2D eigenvalue weighted by atomic mass is 9.83. The van der Waals surface area contributed by atoms with Gasteiger partial charge in [-0.15, -0.1) is 0 Å². The molecule has 1 nitrogen and oxygen atoms in total. The Bertz CT molecular complexity index is 358. The van der Waals surface area contributed by atoms with Crippen molar-refractivity contribution >= 4 is 11.6 Å². The zero-order valence-electron chi connectivity index (χ0n) is 11.3. The van der Waals surface area contributed by atoms with Crippen molar-refractivity contribution < 1.29 is 0 Å². The van der Waals surface area contributed by atoms with Crippen molar-refractivity contribution in [1.29, 1.82) is 0 Å². The van der Waals surface area contributed by atoms with Gasteiger partial charge >= 0.3 is 0 Å². The summed E-state index contributed by atoms with van der Waals surface area (Å²) >= 11 is 6.24. The molecule has 1 atom stereocenters. The van der Waals surface area contributed by atoms with Gasteiger partial charge in [0.2, 0.25) is 0 Å². The van der Waals surface area contributed by atoms with E-state index in [0.717, 1.165) is 17.4 Å². The highest BCUT2D eigenvalue weighted by Crippen LogP contribution is 2.28. The maximum atomic E-state index is 6.24. The lowest BCUT2D eigenvalue weighted by Gasteiger charge is -2.26. The fourth-order valence-electron chi connectivity index (χ4n) is 3.06. The maximum Gasteiger partial charge on any atom is 0.0438 e. The number of hydrogen-bond donors (Lipinski definition) is 1. The average Bonchev–Trinajstić information content (AvgIpc) is 2.41. The highest BCUT2D eigenvalue weighted by molar-refractivity contribution is 6.31. The third-order valence-corrected chi connectivity index (χ3v) is 4.54. The monoisotopic (exact) mass is 265 g/mol. The predicted octanol–water partition coefficient (Wildman–Crippen LogP) is 4.44. The zero-order valence-corrected chi connectivity index (χ0v) is 12.0. The minimum atomic E-state index is 0.563. The SMILES string of the molecule is CNC(Cc1ccccc1Cl)CC1CCCCC1. The largest absolute Gasteiger partial charge is 0.317 e. The van der Waals surface area contributed by atoms with Crippen molar-refractivity contribution in [3.63, 3.8) is 0 Å². The Hall–Kier alpha value is -0.530. The molecule has 0 aromatic heterocycles. The molecule has 1 saturated carbocycles. The van der Waals surface area contributed by atoms with Gasteiger partial charge < -0.3 is 5.32 Å². The van der Waals surface area contributed by atoms with Crippen molar-refractivity contribution in [2.75, 3.05) is 7.05 Å². The molecule has 1 N–H and O–H groups in total. The number of likely N-dealkylation sites (N-methyl/N-ethyl adjacent to an activating group) is 1. The average molecular weight is 266 g/mol. The van der Waals surface area contributed by atoms with E-state index in [-0.39, 0.29) is 0 Å². The van der Waals surface area contributed by atoms with Crippen LogP contribution in [0.2, 0.25) is 5.02 Å². The first kappa shape index (κ1) is 13.9. The van der Waals surface area contributed by atoms with E-state index in [1.807, 2.05) is 12.1 Å². The molecule has 1 aromatic carbocycles. The van der Waals surface area contributed by atoms with Crippen LogP contribution in [0.5, 0.6) is 0 Å². The third-order valence-electron chi connectivity index (χ3n) is 4.17. The molecule has 2 rings (SSSR count). The number of rotatable bonds is 5. The summed E-state index contributed by atoms with van der Waals surface area (Å²) in [5, 5.41) is 4.37. The van der Waals surface area contributed by atoms with Crippen molar-refractivity contribution in [3.8, 4) is 0 Å². The quantitative estimate of drug-likeness (QED) is 0.830. The molecule has 0 amide bonds. The summed E-state index contributed by atoms with van der Waals surface area (Å²) in [6.45, 7) is 0. The Balaban J connectivity index is 1.90. The van der Waals surface area contributed by atoms with Crippen LogP contribution in [0.4, 0.5) is 0 Å². The fraction of sp³-hybridized carbons (Fsp3) is 0.625. The van der Waals surface area contributed by atoms with E-state index in [4.69, 9.17) is 11.6 Å². The standard InChI is InChI=1S/C16H24ClN/c1-18-15(11-13-7-3-2-4-8-13)12-14-9-5-6-10-16(14)17/h5-6,9-10,13,15,18H,2-4,7-8,11-12H2,1H3. The Morgan fingerprint density at radius 2 is 1.94 bits per heavy atom. The molecule has 1 unspecified atom stereocenters. The van der Waals surface area contributed by atoms with Crippen LogP contribution in [0.15, 0.2) is 24.3 Å². The number of halogens is 1. The number of hydrogen-bond acceptors (Lipinski definition) is 1. The molecule has 1 fully saturated rings. The lowest BCUT2D eigenvalue weighted by Crippen LogP contribution is -2.30. The van der Waals surface area contributed by atoms with Crippen LogP contribution in [-0.2, 0) is 6.42 Å². The summed E-state index contributed by atoms with van der Waals surface area (Å²) in [5.74, 6) is 0.915. The van der Waals surface area contributed by atoms with Gasteiger partial charge in [0.05, 0.1) is 0 Å². The molecule has 1 aliphatic rings. The minimum Gasteiger partial charge on any atom is -0.317 e. The second-order valence-electron chi connectivity index (χ2n) is 5.52. The Morgan fingerprint density at radius 1 is 1.22 bits per heavy atom. The van der Waals surface area contributed by atoms with Crippen molar-refractivity contribution in [2.45, 2.75) is 51.0 Å². The van der Waals surface area contributed by atoms with Gasteiger partial charge in [-0.05, 0) is 37.4 Å². The van der Waals surface area contributed by atoms with Gasteiger partial charge in [-0.25, -0.2) is 0 Å². The van der Waals surface area contributed by atoms with Gasteiger partial charge in [-0.2, -0.15) is 0 Å². The normalized spacial score (nSPS) is 18.8. The lowest BCUT2D eigenvalue weighted by molar-refractivity contribution is 0.303. The van der Waals surface area contributed by atoms with Gasteiger partial charge in [0, 0.05) is 11.1 Å². The van der Waals surface area contributed by atoms with Crippen LogP contribution in [0, 0.1) is 5.92 Å². The van der Waals surface area contributed by atoms with Crippen molar-refractivity contribution in [1.82, 2.24) is 5.32 Å². The van der Waals surface area contributed by atoms with Crippen LogP contribution in [0.1, 0.15) is 44.1 Å². The van der Waals surface area contributed by atoms with Crippen LogP contribution < -0.4 is 5.32 Å². The highest BCUT2D eigenvalue weighted by Gasteiger charge is 2.18. The van der Waals surface area contributed by atoms with Gasteiger partial charge in [0.25, 0.3) is 0 Å². The zero-order chi connectivity index (χ0) is 12.8. The molecule has 0 saturated heterocycles. The number of nitrogens with one attached hydrogen (secondary N) is 1. The molecule has 1 aliphatic carbocycles. The topological polar surface area (TPSA) is 12.0 Å². The summed E-state index contributed by atoms with van der Waals surface area (Å²) in [5.41, 5.74) is 1.27. The molecule has 0 heterocycles. The van der Waals surface area contributed by atoms with Gasteiger partial charge in [-0.1, -0.05) is 61.9 Å². The smallest absolute Gasteiger partial charge is 0.0438 e. The number of benzene rings is 1. The molecule has 1 aromatic rings. The van der Waals surface area contributed by atoms with E-state index in [0.29, 0.717) is 6.04 Å². The first-order valence-corrected chi connectivity index (χ1v) is 7.58. The molecular formula is C16H24ClN. The van der Waals surface area contributed by atoms with Crippen LogP contribution in [0.3, 0.4) is 0 Å². The third kappa shape index (κ3) is 4.00. The van der Waals surface area contributed by atoms with Gasteiger partial charge in [0.1, 0.15) is 0 Å². The second kappa shape index (κ2) is 7.16. The molecule has 2 heteroatoms. The first-order chi connectivity index (χ1) is 8.79. The maximum absolute atomic E-state index is 6.24. The predicted molar refractivity (Wildman–Crippen MR) is 79.2 cm³/mol. The summed E-state index contributed by atoms with van der Waals surface area (Å²) in [4.78, 5) is 0. The Labute approximate surface area is 116 Å². The van der Waals surface area contributed by atoms with Crippen LogP contribution in [-0.4, -0.2) is 13.1 Å². The van der Waals surface area contributed by atoms with Crippen molar-refractivity contribution in [3.05, 3.63) is 34.9 Å². The summed E-state index contributed by atoms with van der Waals surface area (Å²) in [7, 11) is 2.07. The van der Waals surface area contributed by atoms with E-state index >= 15 is 0 Å². The van der Waals surface area contributed by atoms with Crippen LogP contribution in [0.25, 0.3) is 0 Å². The van der Waals surface area contributed by atoms with E-state index in [1.54, 1.807) is 0 Å². The molecule has 100 valence electrons. The Kier molecular flexibility index (Phi) is 5.52. The highest BCUT2D eigenvalue weighted by atomic mass is 35.5. The summed E-state index contributed by atoms with van der Waals surface area (Å²) in [6.07, 6.45) is 9.46. The molecule has 18 heavy (non-hydrogen) atoms. The molecule has 0 spiro atoms. The van der Waals surface area contributed by atoms with E-state index in [2.05, 4.69) is 24.5 Å². The van der Waals surface area contributed by atoms with Gasteiger partial charge in [0.15, 0.2) is 0 Å². The van der Waals surface area contributed by atoms with Gasteiger partial charge in [-0.3, -0.25) is 0 Å². The molecule has 0 bridgehead atoms. The Morgan fingerprint density at radius 3 is 2.61 bits per heavy atom. The summed E-state index contributed by atoms with van der Waals surface area (Å²) < 4.78 is 0. The fourth-order valence-corrected chi connectivity index (χ4v) is 3.27. The second-order valence-corrected chi connectivity index (χ2v) is 5.93. The van der Waals surface area contributed by atoms with E-state index in [9.17, 15) is 0 Å². The van der Waals surface area contributed by atoms with E-state index in [1.165, 1.54) is 44.1 Å². The van der Waals surface area contributed by atoms with E-state index < -0.39 is 0 Å². The molecular weight excluding hydrogens is 242 g/mol. The van der Waals surface area contributed by atoms with Crippen LogP contribution >= 0.6 is 11.6 Å². The molecule has 0 aliphatic heterocycles.